The van der Waals surface area contributed by atoms with Crippen molar-refractivity contribution in [3.8, 4) is 11.5 Å². The lowest BCUT2D eigenvalue weighted by Crippen LogP contribution is -2.36. The van der Waals surface area contributed by atoms with Crippen LogP contribution >= 0.6 is 0 Å². The maximum atomic E-state index is 10.8. The molecule has 36 heavy (non-hydrogen) atoms. The Kier molecular flexibility index (Phi) is 9.89. The Morgan fingerprint density at radius 3 is 2.33 bits per heavy atom. The van der Waals surface area contributed by atoms with Crippen molar-refractivity contribution in [2.45, 2.75) is 20.8 Å². The smallest absolute Gasteiger partial charge is 0.142 e. The van der Waals surface area contributed by atoms with Crippen molar-refractivity contribution in [2.75, 3.05) is 45.8 Å². The number of nitrogens with one attached hydrogen (secondary N) is 1. The van der Waals surface area contributed by atoms with Gasteiger partial charge in [-0.1, -0.05) is 35.9 Å². The van der Waals surface area contributed by atoms with Gasteiger partial charge in [0.25, 0.3) is 0 Å². The molecule has 2 aromatic carbocycles. The second-order valence-corrected chi connectivity index (χ2v) is 8.60. The fourth-order valence-corrected chi connectivity index (χ4v) is 3.88. The van der Waals surface area contributed by atoms with E-state index in [1.807, 2.05) is 37.3 Å². The number of aliphatic imine (C=N–C) groups is 1. The fraction of sp³-hybridized carbons (Fsp3) is 0.310. The first-order valence-corrected chi connectivity index (χ1v) is 11.9. The zero-order valence-electron chi connectivity index (χ0n) is 21.7. The quantitative estimate of drug-likeness (QED) is 0.167. The van der Waals surface area contributed by atoms with E-state index in [0.29, 0.717) is 24.7 Å². The molecule has 0 unspecified atom stereocenters. The van der Waals surface area contributed by atoms with Gasteiger partial charge in [0.05, 0.1) is 27.4 Å². The Bertz CT molecular complexity index is 1150. The third-order valence-corrected chi connectivity index (χ3v) is 5.50. The number of aldehydes is 1. The average Bonchev–Trinajstić information content (AvgIpc) is 2.89. The second kappa shape index (κ2) is 13.3. The number of hydrogen-bond donors (Lipinski definition) is 1. The van der Waals surface area contributed by atoms with Gasteiger partial charge in [0, 0.05) is 42.5 Å². The number of benzene rings is 2. The highest BCUT2D eigenvalue weighted by Crippen LogP contribution is 2.29. The fourth-order valence-electron chi connectivity index (χ4n) is 3.88. The highest BCUT2D eigenvalue weighted by atomic mass is 16.5. The largest absolute Gasteiger partial charge is 0.497 e. The first kappa shape index (κ1) is 26.8. The van der Waals surface area contributed by atoms with Crippen LogP contribution in [0.2, 0.25) is 0 Å². The van der Waals surface area contributed by atoms with E-state index in [1.54, 1.807) is 20.3 Å². The number of nitrogens with zero attached hydrogens (tertiary/aromatic N) is 2. The van der Waals surface area contributed by atoms with Crippen molar-refractivity contribution >= 4 is 29.5 Å². The molecule has 1 heterocycles. The lowest BCUT2D eigenvalue weighted by Gasteiger charge is -2.31. The minimum atomic E-state index is 0.642. The van der Waals surface area contributed by atoms with Gasteiger partial charge in [-0.25, -0.2) is 4.99 Å². The molecular formula is C29H35N3O4. The molecule has 1 fully saturated rings. The molecule has 1 N–H and O–H groups in total. The number of carbonyl (C=O) groups is 1. The Balaban J connectivity index is 2.12. The summed E-state index contributed by atoms with van der Waals surface area (Å²) in [4.78, 5) is 18.2. The maximum Gasteiger partial charge on any atom is 0.142 e. The topological polar surface area (TPSA) is 72.4 Å². The summed E-state index contributed by atoms with van der Waals surface area (Å²) in [6.07, 6.45) is 6.24. The molecule has 1 saturated heterocycles. The Morgan fingerprint density at radius 2 is 1.72 bits per heavy atom. The summed E-state index contributed by atoms with van der Waals surface area (Å²) >= 11 is 0. The van der Waals surface area contributed by atoms with Crippen LogP contribution in [0.1, 0.15) is 31.9 Å². The molecule has 2 aromatic rings. The van der Waals surface area contributed by atoms with Crippen molar-refractivity contribution in [1.82, 2.24) is 4.90 Å². The molecule has 1 aliphatic rings. The number of carbonyl (C=O) groups excluding carboxylic acids is 1. The number of rotatable bonds is 9. The summed E-state index contributed by atoms with van der Waals surface area (Å²) in [6, 6.07) is 13.7. The summed E-state index contributed by atoms with van der Waals surface area (Å²) in [7, 11) is 3.26. The van der Waals surface area contributed by atoms with E-state index >= 15 is 0 Å². The predicted octanol–water partition coefficient (Wildman–Crippen LogP) is 5.41. The molecule has 0 aromatic heterocycles. The van der Waals surface area contributed by atoms with Crippen LogP contribution in [0.15, 0.2) is 71.0 Å². The van der Waals surface area contributed by atoms with Crippen LogP contribution in [0.25, 0.3) is 11.6 Å². The van der Waals surface area contributed by atoms with Gasteiger partial charge in [0.1, 0.15) is 29.4 Å². The van der Waals surface area contributed by atoms with Crippen LogP contribution in [0.3, 0.4) is 0 Å². The van der Waals surface area contributed by atoms with Crippen molar-refractivity contribution in [1.29, 1.82) is 0 Å². The second-order valence-electron chi connectivity index (χ2n) is 8.60. The van der Waals surface area contributed by atoms with Crippen LogP contribution in [0.5, 0.6) is 11.5 Å². The summed E-state index contributed by atoms with van der Waals surface area (Å²) in [5.74, 6) is 2.97. The molecule has 0 amide bonds. The van der Waals surface area contributed by atoms with Crippen LogP contribution in [-0.4, -0.2) is 57.5 Å². The van der Waals surface area contributed by atoms with Crippen molar-refractivity contribution in [3.63, 3.8) is 0 Å². The molecule has 0 radical (unpaired) electrons. The molecule has 3 rings (SSSR count). The number of anilines is 1. The van der Waals surface area contributed by atoms with Gasteiger partial charge in [0.2, 0.25) is 0 Å². The third kappa shape index (κ3) is 7.58. The van der Waals surface area contributed by atoms with Gasteiger partial charge in [-0.3, -0.25) is 4.79 Å². The first-order valence-electron chi connectivity index (χ1n) is 11.9. The van der Waals surface area contributed by atoms with Crippen molar-refractivity contribution < 1.29 is 19.0 Å². The lowest BCUT2D eigenvalue weighted by molar-refractivity contribution is -0.104. The van der Waals surface area contributed by atoms with Crippen LogP contribution < -0.4 is 14.8 Å². The van der Waals surface area contributed by atoms with Crippen LogP contribution in [0, 0.1) is 0 Å². The normalized spacial score (nSPS) is 14.8. The number of methoxy groups -OCH3 is 2. The molecule has 7 heteroatoms. The van der Waals surface area contributed by atoms with E-state index in [2.05, 4.69) is 42.3 Å². The highest BCUT2D eigenvalue weighted by molar-refractivity contribution is 5.95. The number of hydrogen-bond acceptors (Lipinski definition) is 6. The van der Waals surface area contributed by atoms with Crippen molar-refractivity contribution in [2.24, 2.45) is 4.99 Å². The van der Waals surface area contributed by atoms with Crippen LogP contribution in [-0.2, 0) is 9.53 Å². The first-order chi connectivity index (χ1) is 17.4. The molecule has 1 aliphatic heterocycles. The van der Waals surface area contributed by atoms with E-state index in [1.165, 1.54) is 6.08 Å². The average molecular weight is 490 g/mol. The van der Waals surface area contributed by atoms with Gasteiger partial charge < -0.3 is 24.4 Å². The molecule has 0 aliphatic carbocycles. The number of allylic oxidation sites excluding steroid dienone is 4. The number of morpholine rings is 1. The van der Waals surface area contributed by atoms with Crippen molar-refractivity contribution in [3.05, 3.63) is 77.1 Å². The SMILES string of the molecule is COc1cc(N/C(C)=N/C(=C(\C=C(C)C)c2cccc(/C=C/C=O)c2)N2CCOCC2)cc(OC)c1. The van der Waals surface area contributed by atoms with Crippen LogP contribution in [0.4, 0.5) is 5.69 Å². The minimum Gasteiger partial charge on any atom is -0.497 e. The summed E-state index contributed by atoms with van der Waals surface area (Å²) < 4.78 is 16.4. The summed E-state index contributed by atoms with van der Waals surface area (Å²) in [5, 5.41) is 3.39. The van der Waals surface area contributed by atoms with Gasteiger partial charge in [-0.15, -0.1) is 0 Å². The highest BCUT2D eigenvalue weighted by Gasteiger charge is 2.19. The Labute approximate surface area is 213 Å². The van der Waals surface area contributed by atoms with Gasteiger partial charge in [-0.2, -0.15) is 0 Å². The molecule has 0 atom stereocenters. The zero-order valence-corrected chi connectivity index (χ0v) is 21.7. The molecule has 7 nitrogen and oxygen atoms in total. The van der Waals surface area contributed by atoms with E-state index in [4.69, 9.17) is 19.2 Å². The zero-order chi connectivity index (χ0) is 25.9. The molecule has 190 valence electrons. The minimum absolute atomic E-state index is 0.642. The van der Waals surface area contributed by atoms with E-state index in [0.717, 1.165) is 59.0 Å². The van der Waals surface area contributed by atoms with E-state index in [9.17, 15) is 4.79 Å². The Hall–Kier alpha value is -3.84. The maximum absolute atomic E-state index is 10.8. The third-order valence-electron chi connectivity index (χ3n) is 5.50. The molecule has 0 saturated carbocycles. The molecule has 0 spiro atoms. The van der Waals surface area contributed by atoms with Gasteiger partial charge in [-0.05, 0) is 44.0 Å². The monoisotopic (exact) mass is 489 g/mol. The summed E-state index contributed by atoms with van der Waals surface area (Å²) in [5.41, 5.74) is 4.94. The van der Waals surface area contributed by atoms with E-state index < -0.39 is 0 Å². The Morgan fingerprint density at radius 1 is 1.03 bits per heavy atom. The van der Waals surface area contributed by atoms with Gasteiger partial charge in [0.15, 0.2) is 0 Å². The lowest BCUT2D eigenvalue weighted by atomic mass is 10.00. The summed E-state index contributed by atoms with van der Waals surface area (Å²) in [6.45, 7) is 8.85. The predicted molar refractivity (Wildman–Crippen MR) is 147 cm³/mol. The van der Waals surface area contributed by atoms with E-state index in [-0.39, 0.29) is 0 Å². The molecular weight excluding hydrogens is 454 g/mol. The number of ether oxygens (including phenoxy) is 3. The van der Waals surface area contributed by atoms with Gasteiger partial charge >= 0.3 is 0 Å². The number of amidine groups is 1. The standard InChI is InChI=1S/C29H35N3O4/c1-21(2)16-28(24-10-6-8-23(17-24)9-7-13-33)29(32-11-14-36-15-12-32)31-22(3)30-25-18-26(34-4)20-27(19-25)35-5/h6-10,13,16-20H,11-12,14-15H2,1-5H3,(H,30,31)/b9-7+,29-28-. The molecule has 0 bridgehead atoms.